The quantitative estimate of drug-likeness (QED) is 0.207. The van der Waals surface area contributed by atoms with Crippen molar-refractivity contribution in [2.45, 2.75) is 9.79 Å². The minimum absolute atomic E-state index is 0.288. The zero-order valence-corrected chi connectivity index (χ0v) is 22.6. The first-order valence-electron chi connectivity index (χ1n) is 13.4. The molecule has 6 aromatic rings. The molecular formula is C36H22N2O2S. The Morgan fingerprint density at radius 2 is 1.10 bits per heavy atom. The monoisotopic (exact) mass is 546 g/mol. The van der Waals surface area contributed by atoms with Crippen molar-refractivity contribution >= 4 is 57.1 Å². The Kier molecular flexibility index (Phi) is 5.34. The summed E-state index contributed by atoms with van der Waals surface area (Å²) in [5.74, 6) is -0.578. The summed E-state index contributed by atoms with van der Waals surface area (Å²) in [4.78, 5) is 32.9. The number of rotatable bonds is 3. The molecule has 0 N–H and O–H groups in total. The van der Waals surface area contributed by atoms with Gasteiger partial charge in [0.25, 0.3) is 11.8 Å². The zero-order valence-electron chi connectivity index (χ0n) is 21.8. The van der Waals surface area contributed by atoms with Crippen LogP contribution in [0.3, 0.4) is 0 Å². The number of carbonyl (C=O) groups is 2. The molecule has 2 aliphatic rings. The number of fused-ring (bicyclic) bond motifs is 4. The number of imide groups is 1. The van der Waals surface area contributed by atoms with Gasteiger partial charge in [-0.2, -0.15) is 0 Å². The average Bonchev–Trinajstić information content (AvgIpc) is 3.29. The molecule has 0 fully saturated rings. The molecule has 8 rings (SSSR count). The summed E-state index contributed by atoms with van der Waals surface area (Å²) in [6, 6.07) is 44.3. The van der Waals surface area contributed by atoms with Crippen LogP contribution >= 0.6 is 11.8 Å². The van der Waals surface area contributed by atoms with Gasteiger partial charge in [-0.15, -0.1) is 0 Å². The van der Waals surface area contributed by atoms with Crippen molar-refractivity contribution in [1.82, 2.24) is 0 Å². The van der Waals surface area contributed by atoms with Gasteiger partial charge in [-0.25, -0.2) is 4.90 Å². The van der Waals surface area contributed by atoms with E-state index >= 15 is 0 Å². The Balaban J connectivity index is 1.21. The maximum atomic E-state index is 13.6. The van der Waals surface area contributed by atoms with Crippen LogP contribution in [0.15, 0.2) is 143 Å². The number of nitrogens with zero attached hydrogens (tertiary/aromatic N) is 2. The van der Waals surface area contributed by atoms with E-state index in [1.165, 1.54) is 14.7 Å². The third-order valence-electron chi connectivity index (χ3n) is 7.75. The van der Waals surface area contributed by atoms with Crippen LogP contribution in [0.5, 0.6) is 0 Å². The number of benzene rings is 6. The summed E-state index contributed by atoms with van der Waals surface area (Å²) in [6.45, 7) is 0. The van der Waals surface area contributed by atoms with E-state index in [9.17, 15) is 9.59 Å². The minimum Gasteiger partial charge on any atom is -0.308 e. The Hall–Kier alpha value is -5.13. The Morgan fingerprint density at radius 1 is 0.463 bits per heavy atom. The molecule has 0 aliphatic carbocycles. The largest absolute Gasteiger partial charge is 0.308 e. The van der Waals surface area contributed by atoms with Gasteiger partial charge in [-0.3, -0.25) is 9.59 Å². The average molecular weight is 547 g/mol. The molecule has 5 heteroatoms. The first-order valence-corrected chi connectivity index (χ1v) is 14.3. The first-order chi connectivity index (χ1) is 20.2. The van der Waals surface area contributed by atoms with E-state index in [1.807, 2.05) is 36.4 Å². The van der Waals surface area contributed by atoms with Crippen LogP contribution < -0.4 is 9.80 Å². The molecule has 0 bridgehead atoms. The summed E-state index contributed by atoms with van der Waals surface area (Å²) in [5, 5.41) is 2.16. The molecule has 6 aromatic carbocycles. The topological polar surface area (TPSA) is 40.6 Å². The standard InChI is InChI=1S/C36H22N2O2S/c39-35-29-12-8-11-28(34(29)36(40)38(35)26-9-2-1-3-10-26)25-18-17-24-22-27(20-19-23(24)21-25)37-30-13-4-6-15-32(30)41-33-16-7-5-14-31(33)37/h1-22H. The van der Waals surface area contributed by atoms with Gasteiger partial charge < -0.3 is 4.90 Å². The summed E-state index contributed by atoms with van der Waals surface area (Å²) in [6.07, 6.45) is 0. The summed E-state index contributed by atoms with van der Waals surface area (Å²) in [5.41, 5.74) is 6.56. The summed E-state index contributed by atoms with van der Waals surface area (Å²) < 4.78 is 0. The van der Waals surface area contributed by atoms with Crippen LogP contribution in [0.25, 0.3) is 21.9 Å². The van der Waals surface area contributed by atoms with Crippen molar-refractivity contribution in [1.29, 1.82) is 0 Å². The number of anilines is 4. The third kappa shape index (κ3) is 3.70. The lowest BCUT2D eigenvalue weighted by Gasteiger charge is -2.33. The Labute approximate surface area is 241 Å². The number of hydrogen-bond donors (Lipinski definition) is 0. The minimum atomic E-state index is -0.289. The van der Waals surface area contributed by atoms with Crippen molar-refractivity contribution in [3.8, 4) is 11.1 Å². The number of amides is 2. The van der Waals surface area contributed by atoms with Gasteiger partial charge in [0.15, 0.2) is 0 Å². The molecule has 4 nitrogen and oxygen atoms in total. The van der Waals surface area contributed by atoms with Crippen molar-refractivity contribution in [2.75, 3.05) is 9.80 Å². The third-order valence-corrected chi connectivity index (χ3v) is 8.88. The van der Waals surface area contributed by atoms with Gasteiger partial charge in [-0.1, -0.05) is 84.6 Å². The van der Waals surface area contributed by atoms with Gasteiger partial charge in [0.05, 0.1) is 28.2 Å². The van der Waals surface area contributed by atoms with Crippen molar-refractivity contribution < 1.29 is 9.59 Å². The molecule has 0 unspecified atom stereocenters. The van der Waals surface area contributed by atoms with Gasteiger partial charge in [0, 0.05) is 15.5 Å². The zero-order chi connectivity index (χ0) is 27.5. The van der Waals surface area contributed by atoms with E-state index in [0.29, 0.717) is 16.8 Å². The highest BCUT2D eigenvalue weighted by Gasteiger charge is 2.38. The van der Waals surface area contributed by atoms with Gasteiger partial charge >= 0.3 is 0 Å². The van der Waals surface area contributed by atoms with E-state index in [1.54, 1.807) is 30.0 Å². The number of carbonyl (C=O) groups excluding carboxylic acids is 2. The van der Waals surface area contributed by atoms with Crippen LogP contribution in [0.4, 0.5) is 22.7 Å². The molecular weight excluding hydrogens is 524 g/mol. The second-order valence-electron chi connectivity index (χ2n) is 10.1. The normalized spacial score (nSPS) is 13.8. The highest BCUT2D eigenvalue weighted by molar-refractivity contribution is 7.99. The maximum Gasteiger partial charge on any atom is 0.266 e. The van der Waals surface area contributed by atoms with E-state index in [-0.39, 0.29) is 11.8 Å². The van der Waals surface area contributed by atoms with E-state index in [2.05, 4.69) is 83.8 Å². The van der Waals surface area contributed by atoms with Crippen LogP contribution in [0.1, 0.15) is 20.7 Å². The fourth-order valence-electron chi connectivity index (χ4n) is 5.86. The van der Waals surface area contributed by atoms with Crippen molar-refractivity contribution in [3.05, 3.63) is 145 Å². The molecule has 0 spiro atoms. The fraction of sp³-hybridized carbons (Fsp3) is 0. The summed E-state index contributed by atoms with van der Waals surface area (Å²) in [7, 11) is 0. The van der Waals surface area contributed by atoms with Crippen LogP contribution in [0, 0.1) is 0 Å². The molecule has 41 heavy (non-hydrogen) atoms. The van der Waals surface area contributed by atoms with Crippen LogP contribution in [0.2, 0.25) is 0 Å². The molecule has 0 saturated carbocycles. The SMILES string of the molecule is O=C1c2cccc(-c3ccc4cc(N5c6ccccc6Sc6ccccc65)ccc4c3)c2C(=O)N1c1ccccc1. The molecule has 0 radical (unpaired) electrons. The highest BCUT2D eigenvalue weighted by Crippen LogP contribution is 2.51. The second kappa shape index (κ2) is 9.22. The molecule has 2 heterocycles. The summed E-state index contributed by atoms with van der Waals surface area (Å²) >= 11 is 1.80. The lowest BCUT2D eigenvalue weighted by Crippen LogP contribution is -2.29. The molecule has 0 saturated heterocycles. The number of para-hydroxylation sites is 3. The highest BCUT2D eigenvalue weighted by atomic mass is 32.2. The predicted molar refractivity (Wildman–Crippen MR) is 166 cm³/mol. The van der Waals surface area contributed by atoms with Gasteiger partial charge in [-0.05, 0) is 82.6 Å². The lowest BCUT2D eigenvalue weighted by atomic mass is 9.94. The van der Waals surface area contributed by atoms with E-state index in [4.69, 9.17) is 0 Å². The Morgan fingerprint density at radius 3 is 1.85 bits per heavy atom. The molecule has 194 valence electrons. The van der Waals surface area contributed by atoms with Crippen molar-refractivity contribution in [2.24, 2.45) is 0 Å². The smallest absolute Gasteiger partial charge is 0.266 e. The molecule has 2 aliphatic heterocycles. The van der Waals surface area contributed by atoms with E-state index in [0.717, 1.165) is 39.0 Å². The first kappa shape index (κ1) is 23.7. The maximum absolute atomic E-state index is 13.6. The molecule has 0 aromatic heterocycles. The molecule has 2 amide bonds. The fourth-order valence-corrected chi connectivity index (χ4v) is 6.92. The Bertz CT molecular complexity index is 1990. The predicted octanol–water partition coefficient (Wildman–Crippen LogP) is 9.24. The van der Waals surface area contributed by atoms with E-state index < -0.39 is 0 Å². The molecule has 0 atom stereocenters. The van der Waals surface area contributed by atoms with Gasteiger partial charge in [0.2, 0.25) is 0 Å². The number of hydrogen-bond acceptors (Lipinski definition) is 4. The van der Waals surface area contributed by atoms with Crippen molar-refractivity contribution in [3.63, 3.8) is 0 Å². The van der Waals surface area contributed by atoms with Crippen LogP contribution in [-0.4, -0.2) is 11.8 Å². The van der Waals surface area contributed by atoms with Gasteiger partial charge in [0.1, 0.15) is 0 Å². The second-order valence-corrected chi connectivity index (χ2v) is 11.2. The lowest BCUT2D eigenvalue weighted by molar-refractivity contribution is 0.0926. The van der Waals surface area contributed by atoms with Crippen LogP contribution in [-0.2, 0) is 0 Å².